The molecular weight excluding hydrogens is 292 g/mol. The fourth-order valence-electron chi connectivity index (χ4n) is 5.62. The molecule has 1 spiro atoms. The Morgan fingerprint density at radius 3 is 2.88 bits per heavy atom. The van der Waals surface area contributed by atoms with E-state index < -0.39 is 0 Å². The van der Waals surface area contributed by atoms with Gasteiger partial charge in [0.15, 0.2) is 0 Å². The summed E-state index contributed by atoms with van der Waals surface area (Å²) in [5.74, 6) is 1.03. The number of aryl methyl sites for hydroxylation is 2. The second kappa shape index (κ2) is 5.05. The third kappa shape index (κ3) is 1.79. The first-order valence-corrected chi connectivity index (χ1v) is 9.48. The van der Waals surface area contributed by atoms with E-state index in [0.717, 1.165) is 38.5 Å². The third-order valence-corrected chi connectivity index (χ3v) is 6.72. The van der Waals surface area contributed by atoms with E-state index in [-0.39, 0.29) is 5.41 Å². The summed E-state index contributed by atoms with van der Waals surface area (Å²) < 4.78 is 0. The van der Waals surface area contributed by atoms with E-state index >= 15 is 0 Å². The Morgan fingerprint density at radius 2 is 2.12 bits per heavy atom. The first kappa shape index (κ1) is 14.5. The molecule has 24 heavy (non-hydrogen) atoms. The van der Waals surface area contributed by atoms with Gasteiger partial charge in [-0.05, 0) is 71.6 Å². The molecule has 3 aliphatic carbocycles. The first-order valence-electron chi connectivity index (χ1n) is 9.48. The van der Waals surface area contributed by atoms with Crippen LogP contribution in [0.1, 0.15) is 55.7 Å². The van der Waals surface area contributed by atoms with Gasteiger partial charge in [0.05, 0.1) is 5.41 Å². The molecule has 2 unspecified atom stereocenters. The fraction of sp³-hybridized carbons (Fsp3) is 0.435. The summed E-state index contributed by atoms with van der Waals surface area (Å²) >= 11 is 0. The predicted octanol–water partition coefficient (Wildman–Crippen LogP) is 5.29. The summed E-state index contributed by atoms with van der Waals surface area (Å²) in [6.07, 6.45) is 9.61. The van der Waals surface area contributed by atoms with Crippen LogP contribution in [-0.4, -0.2) is 5.78 Å². The van der Waals surface area contributed by atoms with Gasteiger partial charge in [-0.25, -0.2) is 0 Å². The molecule has 2 atom stereocenters. The lowest BCUT2D eigenvalue weighted by Crippen LogP contribution is -2.43. The highest BCUT2D eigenvalue weighted by molar-refractivity contribution is 5.97. The number of rotatable bonds is 2. The molecule has 2 bridgehead atoms. The maximum atomic E-state index is 13.0. The van der Waals surface area contributed by atoms with Gasteiger partial charge in [-0.2, -0.15) is 0 Å². The van der Waals surface area contributed by atoms with Crippen LogP contribution >= 0.6 is 0 Å². The Bertz CT molecular complexity index is 888. The molecule has 1 heteroatoms. The minimum atomic E-state index is -0.188. The van der Waals surface area contributed by atoms with Crippen LogP contribution in [-0.2, 0) is 23.1 Å². The summed E-state index contributed by atoms with van der Waals surface area (Å²) in [4.78, 5) is 13.0. The fourth-order valence-corrected chi connectivity index (χ4v) is 5.62. The molecule has 0 amide bonds. The number of benzene rings is 2. The van der Waals surface area contributed by atoms with Gasteiger partial charge >= 0.3 is 0 Å². The number of fused-ring (bicyclic) bond motifs is 6. The van der Waals surface area contributed by atoms with Crippen LogP contribution < -0.4 is 0 Å². The molecule has 3 aliphatic rings. The van der Waals surface area contributed by atoms with Crippen molar-refractivity contribution in [2.24, 2.45) is 5.92 Å². The monoisotopic (exact) mass is 316 g/mol. The molecule has 5 rings (SSSR count). The maximum Gasteiger partial charge on any atom is 0.144 e. The van der Waals surface area contributed by atoms with Crippen molar-refractivity contribution in [1.82, 2.24) is 0 Å². The average molecular weight is 316 g/mol. The Hall–Kier alpha value is -1.89. The van der Waals surface area contributed by atoms with Crippen molar-refractivity contribution < 1.29 is 4.79 Å². The number of Topliss-reactive ketones (excluding diaryl/α,β-unsaturated/α-hetero) is 1. The highest BCUT2D eigenvalue weighted by Gasteiger charge is 2.55. The summed E-state index contributed by atoms with van der Waals surface area (Å²) in [6.45, 7) is 2.24. The minimum absolute atomic E-state index is 0.188. The number of carbonyl (C=O) groups excluding carboxylic acids is 1. The molecule has 1 fully saturated rings. The van der Waals surface area contributed by atoms with Crippen molar-refractivity contribution in [3.8, 4) is 0 Å². The van der Waals surface area contributed by atoms with E-state index in [1.807, 2.05) is 0 Å². The van der Waals surface area contributed by atoms with E-state index in [9.17, 15) is 4.79 Å². The second-order valence-electron chi connectivity index (χ2n) is 7.97. The Balaban J connectivity index is 1.75. The molecule has 1 saturated carbocycles. The van der Waals surface area contributed by atoms with Crippen LogP contribution in [0, 0.1) is 5.92 Å². The Labute approximate surface area is 143 Å². The zero-order valence-electron chi connectivity index (χ0n) is 14.4. The van der Waals surface area contributed by atoms with E-state index in [0.29, 0.717) is 11.7 Å². The molecule has 0 N–H and O–H groups in total. The predicted molar refractivity (Wildman–Crippen MR) is 98.4 cm³/mol. The SMILES string of the molecule is CCCc1cccc2cc3c(cc12)CCC(=O)C31CC2=CCC1C2. The van der Waals surface area contributed by atoms with Gasteiger partial charge < -0.3 is 0 Å². The molecule has 0 aliphatic heterocycles. The maximum absolute atomic E-state index is 13.0. The number of ketones is 1. The smallest absolute Gasteiger partial charge is 0.144 e. The van der Waals surface area contributed by atoms with Crippen molar-refractivity contribution in [1.29, 1.82) is 0 Å². The van der Waals surface area contributed by atoms with Gasteiger partial charge in [-0.3, -0.25) is 4.79 Å². The number of hydrogen-bond donors (Lipinski definition) is 0. The van der Waals surface area contributed by atoms with Gasteiger partial charge in [-0.15, -0.1) is 0 Å². The Morgan fingerprint density at radius 1 is 1.21 bits per heavy atom. The summed E-state index contributed by atoms with van der Waals surface area (Å²) in [6, 6.07) is 11.5. The zero-order chi connectivity index (χ0) is 16.3. The number of allylic oxidation sites excluding steroid dienone is 2. The summed E-state index contributed by atoms with van der Waals surface area (Å²) in [5.41, 5.74) is 5.61. The number of carbonyl (C=O) groups is 1. The summed E-state index contributed by atoms with van der Waals surface area (Å²) in [7, 11) is 0. The van der Waals surface area contributed by atoms with E-state index in [1.54, 1.807) is 0 Å². The average Bonchev–Trinajstić information content (AvgIpc) is 3.20. The minimum Gasteiger partial charge on any atom is -0.299 e. The standard InChI is InChI=1S/C23H24O/c1-2-4-16-5-3-6-17-13-21-18(12-20(16)17)8-10-22(24)23(21)14-15-7-9-19(23)11-15/h3,5-7,12-13,19H,2,4,8-11,14H2,1H3. The molecule has 0 heterocycles. The van der Waals surface area contributed by atoms with E-state index in [2.05, 4.69) is 43.3 Å². The zero-order valence-corrected chi connectivity index (χ0v) is 14.4. The first-order chi connectivity index (χ1) is 11.7. The molecule has 1 nitrogen and oxygen atoms in total. The van der Waals surface area contributed by atoms with Gasteiger partial charge in [0, 0.05) is 6.42 Å². The van der Waals surface area contributed by atoms with Crippen molar-refractivity contribution in [3.05, 3.63) is 58.7 Å². The van der Waals surface area contributed by atoms with Gasteiger partial charge in [0.25, 0.3) is 0 Å². The summed E-state index contributed by atoms with van der Waals surface area (Å²) in [5, 5.41) is 2.73. The largest absolute Gasteiger partial charge is 0.299 e. The van der Waals surface area contributed by atoms with Gasteiger partial charge in [-0.1, -0.05) is 49.3 Å². The van der Waals surface area contributed by atoms with Crippen LogP contribution in [0.2, 0.25) is 0 Å². The molecule has 0 saturated heterocycles. The molecule has 0 aromatic heterocycles. The van der Waals surface area contributed by atoms with Crippen molar-refractivity contribution >= 4 is 16.6 Å². The van der Waals surface area contributed by atoms with E-state index in [1.165, 1.54) is 39.5 Å². The normalized spacial score (nSPS) is 27.8. The molecule has 0 radical (unpaired) electrons. The molecular formula is C23H24O. The lowest BCUT2D eigenvalue weighted by atomic mass is 9.61. The quantitative estimate of drug-likeness (QED) is 0.688. The van der Waals surface area contributed by atoms with Crippen LogP contribution in [0.15, 0.2) is 42.0 Å². The van der Waals surface area contributed by atoms with Gasteiger partial charge in [0.1, 0.15) is 5.78 Å². The topological polar surface area (TPSA) is 17.1 Å². The van der Waals surface area contributed by atoms with Crippen LogP contribution in [0.3, 0.4) is 0 Å². The van der Waals surface area contributed by atoms with Crippen LogP contribution in [0.5, 0.6) is 0 Å². The highest BCUT2D eigenvalue weighted by atomic mass is 16.1. The van der Waals surface area contributed by atoms with Crippen molar-refractivity contribution in [3.63, 3.8) is 0 Å². The van der Waals surface area contributed by atoms with Gasteiger partial charge in [0.2, 0.25) is 0 Å². The number of hydrogen-bond acceptors (Lipinski definition) is 1. The molecule has 2 aromatic rings. The third-order valence-electron chi connectivity index (χ3n) is 6.72. The second-order valence-corrected chi connectivity index (χ2v) is 7.97. The van der Waals surface area contributed by atoms with E-state index in [4.69, 9.17) is 0 Å². The molecule has 2 aromatic carbocycles. The van der Waals surface area contributed by atoms with Crippen molar-refractivity contribution in [2.45, 2.75) is 57.3 Å². The van der Waals surface area contributed by atoms with Crippen LogP contribution in [0.25, 0.3) is 10.8 Å². The lowest BCUT2D eigenvalue weighted by molar-refractivity contribution is -0.126. The molecule has 122 valence electrons. The highest BCUT2D eigenvalue weighted by Crippen LogP contribution is 2.57. The van der Waals surface area contributed by atoms with Crippen molar-refractivity contribution in [2.75, 3.05) is 0 Å². The Kier molecular flexibility index (Phi) is 3.04. The lowest BCUT2D eigenvalue weighted by Gasteiger charge is -2.40. The van der Waals surface area contributed by atoms with Crippen LogP contribution in [0.4, 0.5) is 0 Å².